The van der Waals surface area contributed by atoms with Crippen molar-refractivity contribution in [2.45, 2.75) is 45.8 Å². The van der Waals surface area contributed by atoms with E-state index in [4.69, 9.17) is 23.2 Å². The molecule has 1 N–H and O–H groups in total. The smallest absolute Gasteiger partial charge is 0.244 e. The van der Waals surface area contributed by atoms with Gasteiger partial charge in [-0.2, -0.15) is 0 Å². The number of anilines is 1. The zero-order chi connectivity index (χ0) is 25.8. The van der Waals surface area contributed by atoms with Crippen LogP contribution in [0.25, 0.3) is 0 Å². The van der Waals surface area contributed by atoms with Gasteiger partial charge in [-0.05, 0) is 57.5 Å². The highest BCUT2D eigenvalue weighted by Gasteiger charge is 2.32. The van der Waals surface area contributed by atoms with Gasteiger partial charge in [-0.15, -0.1) is 0 Å². The van der Waals surface area contributed by atoms with Gasteiger partial charge in [-0.25, -0.2) is 8.42 Å². The normalized spacial score (nSPS) is 12.7. The molecular weight excluding hydrogens is 565 g/mol. The standard InChI is InChI=1S/C23H28BrCl2N3O4S/c1-15(22(31)27-23(2,3)4)28(13-16-9-11-17(24)12-10-16)20(30)14-29(34(5,32)33)19-8-6-7-18(25)21(19)26/h6-12,15H,13-14H2,1-5H3,(H,27,31)/t15-/m1/s1. The molecular formula is C23H28BrCl2N3O4S. The number of carbonyl (C=O) groups is 2. The van der Waals surface area contributed by atoms with Crippen molar-refractivity contribution >= 4 is 66.7 Å². The topological polar surface area (TPSA) is 86.8 Å². The molecule has 0 spiro atoms. The van der Waals surface area contributed by atoms with E-state index in [-0.39, 0.29) is 28.2 Å². The molecule has 0 saturated heterocycles. The summed E-state index contributed by atoms with van der Waals surface area (Å²) < 4.78 is 27.0. The number of sulfonamides is 1. The third kappa shape index (κ3) is 7.86. The quantitative estimate of drug-likeness (QED) is 0.474. The van der Waals surface area contributed by atoms with E-state index in [2.05, 4.69) is 21.2 Å². The first kappa shape index (κ1) is 28.4. The fraction of sp³-hybridized carbons (Fsp3) is 0.391. The first-order valence-electron chi connectivity index (χ1n) is 10.4. The summed E-state index contributed by atoms with van der Waals surface area (Å²) in [5.74, 6) is -0.925. The number of nitrogens with zero attached hydrogens (tertiary/aromatic N) is 2. The lowest BCUT2D eigenvalue weighted by Gasteiger charge is -2.33. The Morgan fingerprint density at radius 3 is 2.21 bits per heavy atom. The minimum absolute atomic E-state index is 0.0142. The van der Waals surface area contributed by atoms with Gasteiger partial charge in [-0.1, -0.05) is 57.3 Å². The van der Waals surface area contributed by atoms with Gasteiger partial charge in [0.15, 0.2) is 0 Å². The first-order valence-corrected chi connectivity index (χ1v) is 13.8. The monoisotopic (exact) mass is 591 g/mol. The number of amides is 2. The zero-order valence-corrected chi connectivity index (χ0v) is 23.5. The Kier molecular flexibility index (Phi) is 9.44. The molecule has 7 nitrogen and oxygen atoms in total. The van der Waals surface area contributed by atoms with Crippen molar-refractivity contribution < 1.29 is 18.0 Å². The van der Waals surface area contributed by atoms with Gasteiger partial charge in [0.1, 0.15) is 12.6 Å². The Morgan fingerprint density at radius 1 is 1.09 bits per heavy atom. The van der Waals surface area contributed by atoms with E-state index in [0.29, 0.717) is 0 Å². The van der Waals surface area contributed by atoms with E-state index in [1.54, 1.807) is 13.0 Å². The summed E-state index contributed by atoms with van der Waals surface area (Å²) in [7, 11) is -3.90. The summed E-state index contributed by atoms with van der Waals surface area (Å²) in [4.78, 5) is 27.8. The SMILES string of the molecule is C[C@H](C(=O)NC(C)(C)C)N(Cc1ccc(Br)cc1)C(=O)CN(c1cccc(Cl)c1Cl)S(C)(=O)=O. The summed E-state index contributed by atoms with van der Waals surface area (Å²) in [6.45, 7) is 6.67. The van der Waals surface area contributed by atoms with E-state index in [1.165, 1.54) is 17.0 Å². The second kappa shape index (κ2) is 11.3. The summed E-state index contributed by atoms with van der Waals surface area (Å²) in [6, 6.07) is 11.0. The molecule has 0 bridgehead atoms. The van der Waals surface area contributed by atoms with E-state index in [9.17, 15) is 18.0 Å². The van der Waals surface area contributed by atoms with Crippen LogP contribution in [-0.4, -0.2) is 49.5 Å². The maximum Gasteiger partial charge on any atom is 0.244 e. The summed E-state index contributed by atoms with van der Waals surface area (Å²) in [5, 5.41) is 3.04. The van der Waals surface area contributed by atoms with Gasteiger partial charge in [0.05, 0.1) is 22.0 Å². The number of rotatable bonds is 8. The molecule has 2 amide bonds. The molecule has 0 saturated carbocycles. The number of carbonyl (C=O) groups excluding carboxylic acids is 2. The van der Waals surface area contributed by atoms with Crippen LogP contribution in [0.5, 0.6) is 0 Å². The lowest BCUT2D eigenvalue weighted by atomic mass is 10.1. The van der Waals surface area contributed by atoms with Crippen LogP contribution in [0.1, 0.15) is 33.3 Å². The van der Waals surface area contributed by atoms with Crippen LogP contribution in [0.3, 0.4) is 0 Å². The molecule has 0 unspecified atom stereocenters. The number of hydrogen-bond acceptors (Lipinski definition) is 4. The largest absolute Gasteiger partial charge is 0.350 e. The maximum absolute atomic E-state index is 13.5. The Bertz CT molecular complexity index is 1150. The third-order valence-electron chi connectivity index (χ3n) is 4.81. The molecule has 0 aliphatic heterocycles. The Balaban J connectivity index is 2.44. The molecule has 0 fully saturated rings. The van der Waals surface area contributed by atoms with Crippen molar-refractivity contribution in [3.8, 4) is 0 Å². The lowest BCUT2D eigenvalue weighted by molar-refractivity contribution is -0.140. The van der Waals surface area contributed by atoms with Crippen LogP contribution in [0.2, 0.25) is 10.0 Å². The van der Waals surface area contributed by atoms with Crippen molar-refractivity contribution in [3.05, 3.63) is 62.5 Å². The van der Waals surface area contributed by atoms with Crippen molar-refractivity contribution in [2.75, 3.05) is 17.1 Å². The minimum atomic E-state index is -3.90. The van der Waals surface area contributed by atoms with Gasteiger partial charge < -0.3 is 10.2 Å². The molecule has 0 aliphatic rings. The van der Waals surface area contributed by atoms with Crippen molar-refractivity contribution in [1.82, 2.24) is 10.2 Å². The molecule has 11 heteroatoms. The fourth-order valence-corrected chi connectivity index (χ4v) is 4.69. The van der Waals surface area contributed by atoms with Gasteiger partial charge in [0.2, 0.25) is 21.8 Å². The van der Waals surface area contributed by atoms with Gasteiger partial charge in [-0.3, -0.25) is 13.9 Å². The number of hydrogen-bond donors (Lipinski definition) is 1. The fourth-order valence-electron chi connectivity index (χ4n) is 3.12. The van der Waals surface area contributed by atoms with Crippen LogP contribution in [0, 0.1) is 0 Å². The third-order valence-corrected chi connectivity index (χ3v) is 7.27. The minimum Gasteiger partial charge on any atom is -0.350 e. The molecule has 0 heterocycles. The molecule has 2 rings (SSSR count). The Morgan fingerprint density at radius 2 is 1.68 bits per heavy atom. The number of benzene rings is 2. The summed E-state index contributed by atoms with van der Waals surface area (Å²) in [6.07, 6.45) is 0.978. The van der Waals surface area contributed by atoms with Gasteiger partial charge in [0, 0.05) is 16.6 Å². The second-order valence-corrected chi connectivity index (χ2v) is 12.5. The first-order chi connectivity index (χ1) is 15.6. The van der Waals surface area contributed by atoms with Crippen LogP contribution in [0.4, 0.5) is 5.69 Å². The van der Waals surface area contributed by atoms with Crippen LogP contribution < -0.4 is 9.62 Å². The molecule has 1 atom stereocenters. The van der Waals surface area contributed by atoms with Crippen LogP contribution in [0.15, 0.2) is 46.9 Å². The van der Waals surface area contributed by atoms with Crippen LogP contribution >= 0.6 is 39.1 Å². The average molecular weight is 593 g/mol. The van der Waals surface area contributed by atoms with Gasteiger partial charge >= 0.3 is 0 Å². The van der Waals surface area contributed by atoms with E-state index >= 15 is 0 Å². The molecule has 0 aromatic heterocycles. The molecule has 34 heavy (non-hydrogen) atoms. The van der Waals surface area contributed by atoms with E-state index < -0.39 is 34.1 Å². The van der Waals surface area contributed by atoms with Gasteiger partial charge in [0.25, 0.3) is 0 Å². The van der Waals surface area contributed by atoms with Crippen molar-refractivity contribution in [2.24, 2.45) is 0 Å². The van der Waals surface area contributed by atoms with Crippen LogP contribution in [-0.2, 0) is 26.2 Å². The highest BCUT2D eigenvalue weighted by Crippen LogP contribution is 2.33. The lowest BCUT2D eigenvalue weighted by Crippen LogP contribution is -2.54. The van der Waals surface area contributed by atoms with E-state index in [1.807, 2.05) is 45.0 Å². The zero-order valence-electron chi connectivity index (χ0n) is 19.6. The predicted octanol–water partition coefficient (Wildman–Crippen LogP) is 4.85. The molecule has 2 aromatic carbocycles. The molecule has 186 valence electrons. The highest BCUT2D eigenvalue weighted by atomic mass is 79.9. The number of halogens is 3. The Hall–Kier alpha value is -1.81. The molecule has 0 radical (unpaired) electrons. The highest BCUT2D eigenvalue weighted by molar-refractivity contribution is 9.10. The summed E-state index contributed by atoms with van der Waals surface area (Å²) >= 11 is 15.7. The molecule has 0 aliphatic carbocycles. The van der Waals surface area contributed by atoms with Crippen molar-refractivity contribution in [1.29, 1.82) is 0 Å². The molecule has 2 aromatic rings. The summed E-state index contributed by atoms with van der Waals surface area (Å²) in [5.41, 5.74) is 0.351. The van der Waals surface area contributed by atoms with E-state index in [0.717, 1.165) is 20.6 Å². The van der Waals surface area contributed by atoms with Crippen molar-refractivity contribution in [3.63, 3.8) is 0 Å². The number of nitrogens with one attached hydrogen (secondary N) is 1. The predicted molar refractivity (Wildman–Crippen MR) is 141 cm³/mol. The average Bonchev–Trinajstić information content (AvgIpc) is 2.71. The maximum atomic E-state index is 13.5. The Labute approximate surface area is 219 Å². The second-order valence-electron chi connectivity index (χ2n) is 8.91.